The highest BCUT2D eigenvalue weighted by Gasteiger charge is 2.29. The van der Waals surface area contributed by atoms with Crippen LogP contribution in [0.15, 0.2) is 30.3 Å². The Morgan fingerprint density at radius 3 is 2.37 bits per heavy atom. The molecule has 2 heterocycles. The topological polar surface area (TPSA) is 58.5 Å². The number of ether oxygens (including phenoxy) is 1. The van der Waals surface area contributed by atoms with Crippen molar-refractivity contribution in [2.75, 3.05) is 18.0 Å². The van der Waals surface area contributed by atoms with E-state index in [0.29, 0.717) is 34.2 Å². The molecule has 2 atom stereocenters. The van der Waals surface area contributed by atoms with Crippen molar-refractivity contribution in [3.05, 3.63) is 52.6 Å². The van der Waals surface area contributed by atoms with Crippen molar-refractivity contribution in [3.8, 4) is 21.1 Å². The van der Waals surface area contributed by atoms with Crippen LogP contribution in [-0.4, -0.2) is 40.6 Å². The van der Waals surface area contributed by atoms with Gasteiger partial charge in [-0.1, -0.05) is 41.1 Å². The van der Waals surface area contributed by atoms with Crippen molar-refractivity contribution >= 4 is 28.6 Å². The Hall–Kier alpha value is -2.13. The van der Waals surface area contributed by atoms with Gasteiger partial charge in [0, 0.05) is 24.2 Å². The van der Waals surface area contributed by atoms with Gasteiger partial charge in [-0.25, -0.2) is 8.78 Å². The van der Waals surface area contributed by atoms with Crippen LogP contribution in [0.5, 0.6) is 0 Å². The lowest BCUT2D eigenvalue weighted by molar-refractivity contribution is -0.00553. The van der Waals surface area contributed by atoms with Gasteiger partial charge < -0.3 is 14.7 Å². The Morgan fingerprint density at radius 2 is 1.73 bits per heavy atom. The molecule has 0 radical (unpaired) electrons. The summed E-state index contributed by atoms with van der Waals surface area (Å²) in [5.41, 5.74) is 0.987. The second kappa shape index (κ2) is 8.55. The first-order chi connectivity index (χ1) is 14.4. The van der Waals surface area contributed by atoms with Crippen LogP contribution in [0.1, 0.15) is 19.4 Å². The number of hydrogen-bond donors (Lipinski definition) is 1. The van der Waals surface area contributed by atoms with Crippen LogP contribution >= 0.6 is 22.9 Å². The molecule has 1 aromatic heterocycles. The first kappa shape index (κ1) is 21.1. The van der Waals surface area contributed by atoms with Crippen LogP contribution in [0.25, 0.3) is 21.1 Å². The van der Waals surface area contributed by atoms with Crippen molar-refractivity contribution in [2.45, 2.75) is 32.7 Å². The second-order valence-corrected chi connectivity index (χ2v) is 8.66. The number of aromatic nitrogens is 2. The van der Waals surface area contributed by atoms with Crippen molar-refractivity contribution < 1.29 is 18.6 Å². The van der Waals surface area contributed by atoms with Crippen molar-refractivity contribution in [1.82, 2.24) is 10.2 Å². The quantitative estimate of drug-likeness (QED) is 0.610. The van der Waals surface area contributed by atoms with Crippen molar-refractivity contribution in [3.63, 3.8) is 0 Å². The summed E-state index contributed by atoms with van der Waals surface area (Å²) in [5, 5.41) is 19.2. The average molecular weight is 452 g/mol. The zero-order chi connectivity index (χ0) is 21.4. The van der Waals surface area contributed by atoms with Crippen LogP contribution in [0.3, 0.4) is 0 Å². The first-order valence-corrected chi connectivity index (χ1v) is 10.7. The number of halogens is 3. The predicted octanol–water partition coefficient (Wildman–Crippen LogP) is 4.91. The van der Waals surface area contributed by atoms with E-state index in [-0.39, 0.29) is 28.5 Å². The Kier molecular flexibility index (Phi) is 6.02. The summed E-state index contributed by atoms with van der Waals surface area (Å²) < 4.78 is 36.0. The number of benzene rings is 2. The Balaban J connectivity index is 1.76. The molecule has 0 amide bonds. The molecule has 4 rings (SSSR count). The summed E-state index contributed by atoms with van der Waals surface area (Å²) in [6, 6.07) is 8.55. The highest BCUT2D eigenvalue weighted by atomic mass is 35.5. The number of aliphatic hydroxyl groups is 1. The molecule has 30 heavy (non-hydrogen) atoms. The van der Waals surface area contributed by atoms with Crippen LogP contribution < -0.4 is 4.90 Å². The van der Waals surface area contributed by atoms with Gasteiger partial charge in [0.15, 0.2) is 16.6 Å². The zero-order valence-corrected chi connectivity index (χ0v) is 18.0. The maximum atomic E-state index is 15.2. The van der Waals surface area contributed by atoms with Crippen molar-refractivity contribution in [1.29, 1.82) is 0 Å². The second-order valence-electron chi connectivity index (χ2n) is 7.27. The Labute approximate surface area is 181 Å². The highest BCUT2D eigenvalue weighted by Crippen LogP contribution is 2.39. The fourth-order valence-corrected chi connectivity index (χ4v) is 4.90. The van der Waals surface area contributed by atoms with E-state index in [1.165, 1.54) is 6.07 Å². The molecule has 1 saturated heterocycles. The van der Waals surface area contributed by atoms with Crippen LogP contribution in [0.4, 0.5) is 14.5 Å². The molecule has 5 nitrogen and oxygen atoms in total. The SMILES string of the molecule is CC1CN(c2c(CO)cc(-c3nnc(-c4ccccc4Cl)s3)c(F)c2F)CC(C)O1. The number of nitrogens with zero attached hydrogens (tertiary/aromatic N) is 3. The highest BCUT2D eigenvalue weighted by molar-refractivity contribution is 7.18. The van der Waals surface area contributed by atoms with Crippen LogP contribution in [0, 0.1) is 11.6 Å². The van der Waals surface area contributed by atoms with Gasteiger partial charge in [0.25, 0.3) is 0 Å². The molecular weight excluding hydrogens is 432 g/mol. The molecule has 158 valence electrons. The maximum absolute atomic E-state index is 15.2. The van der Waals surface area contributed by atoms with Crippen LogP contribution in [0.2, 0.25) is 5.02 Å². The molecule has 1 aliphatic rings. The van der Waals surface area contributed by atoms with E-state index in [4.69, 9.17) is 16.3 Å². The van der Waals surface area contributed by atoms with Gasteiger partial charge in [-0.3, -0.25) is 0 Å². The molecule has 0 saturated carbocycles. The number of rotatable bonds is 4. The fourth-order valence-electron chi connectivity index (χ4n) is 3.72. The summed E-state index contributed by atoms with van der Waals surface area (Å²) in [5.74, 6) is -2.02. The zero-order valence-electron chi connectivity index (χ0n) is 16.4. The summed E-state index contributed by atoms with van der Waals surface area (Å²) in [4.78, 5) is 1.72. The minimum Gasteiger partial charge on any atom is -0.392 e. The first-order valence-electron chi connectivity index (χ1n) is 9.50. The normalized spacial score (nSPS) is 19.3. The largest absolute Gasteiger partial charge is 0.392 e. The number of morpholine rings is 1. The smallest absolute Gasteiger partial charge is 0.183 e. The molecule has 0 bridgehead atoms. The molecular formula is C21H20ClF2N3O2S. The van der Waals surface area contributed by atoms with Crippen LogP contribution in [-0.2, 0) is 11.3 Å². The molecule has 1 aliphatic heterocycles. The molecule has 0 spiro atoms. The van der Waals surface area contributed by atoms with Gasteiger partial charge in [0.2, 0.25) is 0 Å². The monoisotopic (exact) mass is 451 g/mol. The van der Waals surface area contributed by atoms with E-state index in [1.807, 2.05) is 19.9 Å². The molecule has 0 aliphatic carbocycles. The minimum atomic E-state index is -1.02. The van der Waals surface area contributed by atoms with Gasteiger partial charge in [0.1, 0.15) is 5.01 Å². The maximum Gasteiger partial charge on any atom is 0.183 e. The lowest BCUT2D eigenvalue weighted by Crippen LogP contribution is -2.46. The fraction of sp³-hybridized carbons (Fsp3) is 0.333. The third kappa shape index (κ3) is 3.92. The summed E-state index contributed by atoms with van der Waals surface area (Å²) >= 11 is 7.31. The molecule has 9 heteroatoms. The van der Waals surface area contributed by atoms with E-state index < -0.39 is 18.2 Å². The van der Waals surface area contributed by atoms with E-state index in [2.05, 4.69) is 10.2 Å². The molecule has 1 N–H and O–H groups in total. The Morgan fingerprint density at radius 1 is 1.10 bits per heavy atom. The van der Waals surface area contributed by atoms with Gasteiger partial charge >= 0.3 is 0 Å². The third-order valence-corrected chi connectivity index (χ3v) is 6.25. The summed E-state index contributed by atoms with van der Waals surface area (Å²) in [7, 11) is 0. The van der Waals surface area contributed by atoms with Gasteiger partial charge in [-0.05, 0) is 26.0 Å². The Bertz CT molecular complexity index is 1070. The number of anilines is 1. The molecule has 2 unspecified atom stereocenters. The lowest BCUT2D eigenvalue weighted by atomic mass is 10.0. The van der Waals surface area contributed by atoms with Gasteiger partial charge in [0.05, 0.1) is 35.1 Å². The standard InChI is InChI=1S/C21H20ClF2N3O2S/c1-11-8-27(9-12(2)29-11)19-13(10-28)7-15(17(23)18(19)24)21-26-25-20(30-21)14-5-3-4-6-16(14)22/h3-7,11-12,28H,8-10H2,1-2H3. The van der Waals surface area contributed by atoms with Gasteiger partial charge in [-0.2, -0.15) is 0 Å². The van der Waals surface area contributed by atoms with Crippen molar-refractivity contribution in [2.24, 2.45) is 0 Å². The molecule has 3 aromatic rings. The predicted molar refractivity (Wildman–Crippen MR) is 114 cm³/mol. The van der Waals surface area contributed by atoms with E-state index >= 15 is 8.78 Å². The summed E-state index contributed by atoms with van der Waals surface area (Å²) in [6.07, 6.45) is -0.271. The van der Waals surface area contributed by atoms with Gasteiger partial charge in [-0.15, -0.1) is 10.2 Å². The minimum absolute atomic E-state index is 0.0366. The van der Waals surface area contributed by atoms with E-state index in [1.54, 1.807) is 23.1 Å². The number of aliphatic hydroxyl groups excluding tert-OH is 1. The molecule has 1 fully saturated rings. The molecule has 2 aromatic carbocycles. The summed E-state index contributed by atoms with van der Waals surface area (Å²) in [6.45, 7) is 4.13. The number of hydrogen-bond acceptors (Lipinski definition) is 6. The average Bonchev–Trinajstić information content (AvgIpc) is 3.19. The lowest BCUT2D eigenvalue weighted by Gasteiger charge is -2.38. The third-order valence-electron chi connectivity index (χ3n) is 4.93. The van der Waals surface area contributed by atoms with E-state index in [9.17, 15) is 5.11 Å². The van der Waals surface area contributed by atoms with E-state index in [0.717, 1.165) is 11.3 Å².